The molecule has 1 aromatic rings. The molecule has 16 heavy (non-hydrogen) atoms. The molecule has 1 unspecified atom stereocenters. The average molecular weight is 286 g/mol. The van der Waals surface area contributed by atoms with E-state index in [1.165, 1.54) is 0 Å². The van der Waals surface area contributed by atoms with Crippen LogP contribution in [0, 0.1) is 17.0 Å². The molecule has 88 valence electrons. The van der Waals surface area contributed by atoms with Crippen molar-refractivity contribution in [1.29, 1.82) is 0 Å². The van der Waals surface area contributed by atoms with Crippen LogP contribution in [0.3, 0.4) is 0 Å². The SMILES string of the molecule is CCCC(Br)Cc1ccc([N+](=O)[O-])c(C)c1. The number of alkyl halides is 1. The fourth-order valence-electron chi connectivity index (χ4n) is 1.72. The van der Waals surface area contributed by atoms with Gasteiger partial charge in [-0.3, -0.25) is 10.1 Å². The number of hydrogen-bond acceptors (Lipinski definition) is 2. The van der Waals surface area contributed by atoms with Gasteiger partial charge in [0.25, 0.3) is 5.69 Å². The van der Waals surface area contributed by atoms with Gasteiger partial charge in [0.05, 0.1) is 4.92 Å². The first-order chi connectivity index (χ1) is 7.54. The Morgan fingerprint density at radius 1 is 1.50 bits per heavy atom. The van der Waals surface area contributed by atoms with Crippen LogP contribution < -0.4 is 0 Å². The Bertz CT molecular complexity index is 379. The fraction of sp³-hybridized carbons (Fsp3) is 0.500. The van der Waals surface area contributed by atoms with Gasteiger partial charge in [-0.25, -0.2) is 0 Å². The third kappa shape index (κ3) is 3.59. The molecule has 0 saturated heterocycles. The Balaban J connectivity index is 2.77. The minimum atomic E-state index is -0.337. The summed E-state index contributed by atoms with van der Waals surface area (Å²) in [5.41, 5.74) is 2.09. The molecule has 0 heterocycles. The van der Waals surface area contributed by atoms with E-state index in [0.717, 1.165) is 30.4 Å². The van der Waals surface area contributed by atoms with E-state index in [2.05, 4.69) is 22.9 Å². The lowest BCUT2D eigenvalue weighted by Gasteiger charge is -2.08. The van der Waals surface area contributed by atoms with Crippen LogP contribution in [0.4, 0.5) is 5.69 Å². The van der Waals surface area contributed by atoms with E-state index in [9.17, 15) is 10.1 Å². The smallest absolute Gasteiger partial charge is 0.258 e. The molecule has 0 aromatic heterocycles. The maximum Gasteiger partial charge on any atom is 0.272 e. The van der Waals surface area contributed by atoms with Gasteiger partial charge in [0.2, 0.25) is 0 Å². The summed E-state index contributed by atoms with van der Waals surface area (Å²) >= 11 is 3.61. The topological polar surface area (TPSA) is 43.1 Å². The number of benzene rings is 1. The Labute approximate surface area is 104 Å². The van der Waals surface area contributed by atoms with Gasteiger partial charge in [-0.05, 0) is 31.4 Å². The van der Waals surface area contributed by atoms with Crippen LogP contribution in [-0.4, -0.2) is 9.75 Å². The predicted octanol–water partition coefficient (Wildman–Crippen LogP) is 4.01. The van der Waals surface area contributed by atoms with Crippen molar-refractivity contribution in [2.75, 3.05) is 0 Å². The summed E-state index contributed by atoms with van der Waals surface area (Å²) in [7, 11) is 0. The van der Waals surface area contributed by atoms with Crippen LogP contribution in [0.25, 0.3) is 0 Å². The van der Waals surface area contributed by atoms with Gasteiger partial charge in [-0.1, -0.05) is 35.3 Å². The maximum absolute atomic E-state index is 10.7. The molecule has 0 aliphatic heterocycles. The van der Waals surface area contributed by atoms with Crippen LogP contribution >= 0.6 is 15.9 Å². The summed E-state index contributed by atoms with van der Waals surface area (Å²) in [5.74, 6) is 0. The fourth-order valence-corrected chi connectivity index (χ4v) is 2.55. The highest BCUT2D eigenvalue weighted by Crippen LogP contribution is 2.21. The molecule has 4 heteroatoms. The monoisotopic (exact) mass is 285 g/mol. The van der Waals surface area contributed by atoms with Crippen molar-refractivity contribution in [2.24, 2.45) is 0 Å². The van der Waals surface area contributed by atoms with Crippen molar-refractivity contribution in [3.8, 4) is 0 Å². The summed E-state index contributed by atoms with van der Waals surface area (Å²) in [6.07, 6.45) is 3.19. The van der Waals surface area contributed by atoms with Crippen molar-refractivity contribution in [1.82, 2.24) is 0 Å². The highest BCUT2D eigenvalue weighted by atomic mass is 79.9. The van der Waals surface area contributed by atoms with E-state index in [0.29, 0.717) is 4.83 Å². The second kappa shape index (κ2) is 5.99. The van der Waals surface area contributed by atoms with E-state index in [1.54, 1.807) is 13.0 Å². The first-order valence-corrected chi connectivity index (χ1v) is 6.34. The molecule has 0 spiro atoms. The molecule has 0 saturated carbocycles. The lowest BCUT2D eigenvalue weighted by atomic mass is 10.0. The zero-order valence-corrected chi connectivity index (χ0v) is 11.2. The molecule has 0 aliphatic rings. The van der Waals surface area contributed by atoms with E-state index in [1.807, 2.05) is 12.1 Å². The number of aryl methyl sites for hydroxylation is 1. The largest absolute Gasteiger partial charge is 0.272 e. The average Bonchev–Trinajstić information content (AvgIpc) is 2.17. The third-order valence-corrected chi connectivity index (χ3v) is 3.30. The van der Waals surface area contributed by atoms with Crippen molar-refractivity contribution in [3.05, 3.63) is 39.4 Å². The molecule has 0 aliphatic carbocycles. The summed E-state index contributed by atoms with van der Waals surface area (Å²) in [4.78, 5) is 10.8. The normalized spacial score (nSPS) is 12.4. The molecular weight excluding hydrogens is 270 g/mol. The molecule has 1 atom stereocenters. The molecule has 3 nitrogen and oxygen atoms in total. The van der Waals surface area contributed by atoms with Crippen molar-refractivity contribution in [3.63, 3.8) is 0 Å². The molecule has 0 bridgehead atoms. The third-order valence-electron chi connectivity index (χ3n) is 2.52. The quantitative estimate of drug-likeness (QED) is 0.466. The van der Waals surface area contributed by atoms with Crippen LogP contribution in [0.1, 0.15) is 30.9 Å². The number of nitro benzene ring substituents is 1. The molecule has 0 N–H and O–H groups in total. The molecule has 1 rings (SSSR count). The van der Waals surface area contributed by atoms with Crippen LogP contribution in [0.2, 0.25) is 0 Å². The molecule has 1 aromatic carbocycles. The van der Waals surface area contributed by atoms with Gasteiger partial charge in [0, 0.05) is 16.5 Å². The second-order valence-corrected chi connectivity index (χ2v) is 5.26. The van der Waals surface area contributed by atoms with Gasteiger partial charge in [-0.15, -0.1) is 0 Å². The Hall–Kier alpha value is -0.900. The minimum Gasteiger partial charge on any atom is -0.258 e. The zero-order valence-electron chi connectivity index (χ0n) is 9.57. The van der Waals surface area contributed by atoms with Gasteiger partial charge in [0.15, 0.2) is 0 Å². The zero-order chi connectivity index (χ0) is 12.1. The number of rotatable bonds is 5. The van der Waals surface area contributed by atoms with Crippen LogP contribution in [-0.2, 0) is 6.42 Å². The summed E-state index contributed by atoms with van der Waals surface area (Å²) < 4.78 is 0. The van der Waals surface area contributed by atoms with Crippen molar-refractivity contribution in [2.45, 2.75) is 37.9 Å². The molecule has 0 amide bonds. The first kappa shape index (κ1) is 13.2. The molecular formula is C12H16BrNO2. The summed E-state index contributed by atoms with van der Waals surface area (Å²) in [6.45, 7) is 3.93. The number of hydrogen-bond donors (Lipinski definition) is 0. The van der Waals surface area contributed by atoms with Gasteiger partial charge < -0.3 is 0 Å². The number of nitrogens with zero attached hydrogens (tertiary/aromatic N) is 1. The Morgan fingerprint density at radius 2 is 2.19 bits per heavy atom. The van der Waals surface area contributed by atoms with Gasteiger partial charge >= 0.3 is 0 Å². The van der Waals surface area contributed by atoms with Crippen LogP contribution in [0.15, 0.2) is 18.2 Å². The summed E-state index contributed by atoms with van der Waals surface area (Å²) in [6, 6.07) is 5.34. The van der Waals surface area contributed by atoms with E-state index >= 15 is 0 Å². The van der Waals surface area contributed by atoms with Gasteiger partial charge in [-0.2, -0.15) is 0 Å². The van der Waals surface area contributed by atoms with Gasteiger partial charge in [0.1, 0.15) is 0 Å². The van der Waals surface area contributed by atoms with Crippen molar-refractivity contribution >= 4 is 21.6 Å². The first-order valence-electron chi connectivity index (χ1n) is 5.42. The summed E-state index contributed by atoms with van der Waals surface area (Å²) in [5, 5.41) is 10.7. The minimum absolute atomic E-state index is 0.199. The highest BCUT2D eigenvalue weighted by molar-refractivity contribution is 9.09. The maximum atomic E-state index is 10.7. The highest BCUT2D eigenvalue weighted by Gasteiger charge is 2.11. The second-order valence-electron chi connectivity index (χ2n) is 3.97. The van der Waals surface area contributed by atoms with Crippen molar-refractivity contribution < 1.29 is 4.92 Å². The lowest BCUT2D eigenvalue weighted by Crippen LogP contribution is -2.02. The van der Waals surface area contributed by atoms with E-state index < -0.39 is 0 Å². The van der Waals surface area contributed by atoms with Crippen LogP contribution in [0.5, 0.6) is 0 Å². The number of halogens is 1. The number of nitro groups is 1. The van der Waals surface area contributed by atoms with E-state index in [-0.39, 0.29) is 10.6 Å². The van der Waals surface area contributed by atoms with E-state index in [4.69, 9.17) is 0 Å². The lowest BCUT2D eigenvalue weighted by molar-refractivity contribution is -0.385. The predicted molar refractivity (Wildman–Crippen MR) is 69.2 cm³/mol. The standard InChI is InChI=1S/C12H16BrNO2/c1-3-4-11(13)8-10-5-6-12(14(15)16)9(2)7-10/h5-7,11H,3-4,8H2,1-2H3. The Morgan fingerprint density at radius 3 is 2.69 bits per heavy atom. The molecule has 0 radical (unpaired) electrons. The molecule has 0 fully saturated rings. The Kier molecular flexibility index (Phi) is 4.93.